The Hall–Kier alpha value is -1.66. The third kappa shape index (κ3) is 4.68. The normalized spacial score (nSPS) is 10.9. The highest BCUT2D eigenvalue weighted by Crippen LogP contribution is 2.13. The van der Waals surface area contributed by atoms with Gasteiger partial charge in [0.2, 0.25) is 0 Å². The van der Waals surface area contributed by atoms with Crippen LogP contribution in [0, 0.1) is 0 Å². The monoisotopic (exact) mass is 269 g/mol. The fourth-order valence-corrected chi connectivity index (χ4v) is 1.64. The molecule has 0 N–H and O–H groups in total. The molecule has 1 rings (SSSR count). The van der Waals surface area contributed by atoms with Gasteiger partial charge in [-0.3, -0.25) is 8.98 Å². The Balaban J connectivity index is 2.79. The van der Waals surface area contributed by atoms with Crippen LogP contribution in [0.25, 0.3) is 0 Å². The summed E-state index contributed by atoms with van der Waals surface area (Å²) in [7, 11) is -3.62. The van der Waals surface area contributed by atoms with E-state index in [4.69, 9.17) is 0 Å². The van der Waals surface area contributed by atoms with Gasteiger partial charge in [-0.2, -0.15) is 8.42 Å². The first kappa shape index (κ1) is 14.4. The average molecular weight is 269 g/mol. The quantitative estimate of drug-likeness (QED) is 0.574. The topological polar surface area (TPSA) is 63.7 Å². The Labute approximate surface area is 107 Å². The number of nitrogens with zero attached hydrogens (tertiary/aromatic N) is 1. The van der Waals surface area contributed by atoms with Gasteiger partial charge in [-0.25, -0.2) is 0 Å². The maximum absolute atomic E-state index is 11.9. The molecule has 6 heteroatoms. The fourth-order valence-electron chi connectivity index (χ4n) is 1.32. The highest BCUT2D eigenvalue weighted by Gasteiger charge is 2.16. The van der Waals surface area contributed by atoms with Gasteiger partial charge in [-0.1, -0.05) is 24.3 Å². The second-order valence-electron chi connectivity index (χ2n) is 3.59. The zero-order chi connectivity index (χ0) is 13.6. The highest BCUT2D eigenvalue weighted by atomic mass is 32.2. The van der Waals surface area contributed by atoms with Crippen molar-refractivity contribution in [3.8, 4) is 0 Å². The van der Waals surface area contributed by atoms with E-state index < -0.39 is 22.6 Å². The Morgan fingerprint density at radius 3 is 2.50 bits per heavy atom. The molecule has 5 nitrogen and oxygen atoms in total. The lowest BCUT2D eigenvalue weighted by Crippen LogP contribution is -2.34. The standard InChI is InChI=1S/C12H15NO4S/c1-3-9-13(11-7-5-4-6-8-11)12(14)10-17-18(2,15)16/h3-8H,1,9-10H2,2H3. The maximum Gasteiger partial charge on any atom is 0.264 e. The first-order valence-electron chi connectivity index (χ1n) is 5.25. The lowest BCUT2D eigenvalue weighted by Gasteiger charge is -2.20. The minimum atomic E-state index is -3.62. The van der Waals surface area contributed by atoms with Crippen LogP contribution in [0.3, 0.4) is 0 Å². The van der Waals surface area contributed by atoms with Crippen LogP contribution in [-0.4, -0.2) is 33.7 Å². The molecule has 1 amide bonds. The Morgan fingerprint density at radius 1 is 1.39 bits per heavy atom. The molecule has 0 heterocycles. The number of hydrogen-bond donors (Lipinski definition) is 0. The third-order valence-electron chi connectivity index (χ3n) is 2.08. The van der Waals surface area contributed by atoms with Crippen molar-refractivity contribution in [2.24, 2.45) is 0 Å². The first-order valence-corrected chi connectivity index (χ1v) is 7.06. The second-order valence-corrected chi connectivity index (χ2v) is 5.24. The number of hydrogen-bond acceptors (Lipinski definition) is 4. The van der Waals surface area contributed by atoms with E-state index in [1.807, 2.05) is 6.07 Å². The summed E-state index contributed by atoms with van der Waals surface area (Å²) in [4.78, 5) is 13.3. The summed E-state index contributed by atoms with van der Waals surface area (Å²) < 4.78 is 26.2. The summed E-state index contributed by atoms with van der Waals surface area (Å²) in [5.41, 5.74) is 0.666. The molecule has 0 unspecified atom stereocenters. The van der Waals surface area contributed by atoms with E-state index >= 15 is 0 Å². The lowest BCUT2D eigenvalue weighted by molar-refractivity contribution is -0.120. The van der Waals surface area contributed by atoms with Crippen molar-refractivity contribution in [1.82, 2.24) is 0 Å². The van der Waals surface area contributed by atoms with Gasteiger partial charge in [0.1, 0.15) is 6.61 Å². The van der Waals surface area contributed by atoms with Crippen LogP contribution >= 0.6 is 0 Å². The van der Waals surface area contributed by atoms with Crippen LogP contribution in [0.15, 0.2) is 43.0 Å². The van der Waals surface area contributed by atoms with Crippen molar-refractivity contribution < 1.29 is 17.4 Å². The van der Waals surface area contributed by atoms with Crippen molar-refractivity contribution in [1.29, 1.82) is 0 Å². The van der Waals surface area contributed by atoms with Gasteiger partial charge in [-0.15, -0.1) is 6.58 Å². The van der Waals surface area contributed by atoms with Crippen LogP contribution in [0.2, 0.25) is 0 Å². The van der Waals surface area contributed by atoms with E-state index in [9.17, 15) is 13.2 Å². The summed E-state index contributed by atoms with van der Waals surface area (Å²) in [6.07, 6.45) is 2.46. The molecular formula is C12H15NO4S. The molecule has 0 fully saturated rings. The number of anilines is 1. The molecule has 18 heavy (non-hydrogen) atoms. The molecule has 0 saturated carbocycles. The zero-order valence-corrected chi connectivity index (χ0v) is 10.9. The number of benzene rings is 1. The van der Waals surface area contributed by atoms with Gasteiger partial charge < -0.3 is 4.90 Å². The van der Waals surface area contributed by atoms with E-state index in [1.54, 1.807) is 30.3 Å². The van der Waals surface area contributed by atoms with Crippen molar-refractivity contribution in [2.75, 3.05) is 24.3 Å². The predicted molar refractivity (Wildman–Crippen MR) is 69.8 cm³/mol. The first-order chi connectivity index (χ1) is 8.44. The van der Waals surface area contributed by atoms with E-state index in [1.165, 1.54) is 4.90 Å². The van der Waals surface area contributed by atoms with Gasteiger partial charge in [0.05, 0.1) is 6.26 Å². The van der Waals surface area contributed by atoms with Gasteiger partial charge in [-0.05, 0) is 12.1 Å². The van der Waals surface area contributed by atoms with Crippen LogP contribution in [0.4, 0.5) is 5.69 Å². The molecule has 0 bridgehead atoms. The largest absolute Gasteiger partial charge is 0.307 e. The van der Waals surface area contributed by atoms with E-state index in [-0.39, 0.29) is 6.54 Å². The molecule has 0 saturated heterocycles. The Kier molecular flexibility index (Phi) is 5.06. The van der Waals surface area contributed by atoms with Gasteiger partial charge in [0.15, 0.2) is 0 Å². The number of carbonyl (C=O) groups excluding carboxylic acids is 1. The molecule has 98 valence electrons. The smallest absolute Gasteiger partial charge is 0.264 e. The van der Waals surface area contributed by atoms with Crippen molar-refractivity contribution in [2.45, 2.75) is 0 Å². The summed E-state index contributed by atoms with van der Waals surface area (Å²) in [6, 6.07) is 8.91. The highest BCUT2D eigenvalue weighted by molar-refractivity contribution is 7.86. The molecule has 0 spiro atoms. The van der Waals surface area contributed by atoms with Crippen molar-refractivity contribution in [3.63, 3.8) is 0 Å². The minimum Gasteiger partial charge on any atom is -0.307 e. The Bertz CT molecular complexity index is 510. The Morgan fingerprint density at radius 2 is 2.00 bits per heavy atom. The summed E-state index contributed by atoms with van der Waals surface area (Å²) in [5, 5.41) is 0. The minimum absolute atomic E-state index is 0.288. The van der Waals surface area contributed by atoms with Gasteiger partial charge >= 0.3 is 0 Å². The maximum atomic E-state index is 11.9. The van der Waals surface area contributed by atoms with Crippen molar-refractivity contribution in [3.05, 3.63) is 43.0 Å². The molecule has 0 aliphatic rings. The SMILES string of the molecule is C=CCN(C(=O)COS(C)(=O)=O)c1ccccc1. The molecular weight excluding hydrogens is 254 g/mol. The fraction of sp³-hybridized carbons (Fsp3) is 0.250. The number of carbonyl (C=O) groups is 1. The third-order valence-corrected chi connectivity index (χ3v) is 2.62. The lowest BCUT2D eigenvalue weighted by atomic mass is 10.3. The van der Waals surface area contributed by atoms with Crippen LogP contribution in [0.5, 0.6) is 0 Å². The zero-order valence-electron chi connectivity index (χ0n) is 10.1. The number of amides is 1. The van der Waals surface area contributed by atoms with Crippen LogP contribution in [-0.2, 0) is 19.1 Å². The summed E-state index contributed by atoms with van der Waals surface area (Å²) in [6.45, 7) is 3.34. The van der Waals surface area contributed by atoms with Crippen LogP contribution < -0.4 is 4.90 Å². The summed E-state index contributed by atoms with van der Waals surface area (Å²) in [5.74, 6) is -0.438. The molecule has 1 aromatic carbocycles. The second kappa shape index (κ2) is 6.32. The molecule has 0 aromatic heterocycles. The summed E-state index contributed by atoms with van der Waals surface area (Å²) >= 11 is 0. The number of para-hydroxylation sites is 1. The van der Waals surface area contributed by atoms with E-state index in [0.29, 0.717) is 5.69 Å². The molecule has 0 aliphatic heterocycles. The van der Waals surface area contributed by atoms with E-state index in [0.717, 1.165) is 6.26 Å². The molecule has 0 aliphatic carbocycles. The van der Waals surface area contributed by atoms with Gasteiger partial charge in [0, 0.05) is 12.2 Å². The predicted octanol–water partition coefficient (Wildman–Crippen LogP) is 1.18. The number of rotatable bonds is 6. The average Bonchev–Trinajstić information content (AvgIpc) is 2.33. The van der Waals surface area contributed by atoms with Crippen LogP contribution in [0.1, 0.15) is 0 Å². The van der Waals surface area contributed by atoms with Crippen molar-refractivity contribution >= 4 is 21.7 Å². The van der Waals surface area contributed by atoms with Gasteiger partial charge in [0.25, 0.3) is 16.0 Å². The van der Waals surface area contributed by atoms with E-state index in [2.05, 4.69) is 10.8 Å². The molecule has 1 aromatic rings. The molecule has 0 atom stereocenters. The molecule has 0 radical (unpaired) electrons.